The Bertz CT molecular complexity index is 683. The topological polar surface area (TPSA) is 73.1 Å². The van der Waals surface area contributed by atoms with Crippen LogP contribution in [0.4, 0.5) is 20.2 Å². The maximum Gasteiger partial charge on any atom is 0.335 e. The van der Waals surface area contributed by atoms with Gasteiger partial charge in [-0.05, 0) is 36.4 Å². The lowest BCUT2D eigenvalue weighted by Crippen LogP contribution is -2.03. The molecule has 0 saturated heterocycles. The van der Waals surface area contributed by atoms with E-state index in [0.717, 1.165) is 12.1 Å². The smallest absolute Gasteiger partial charge is 0.335 e. The summed E-state index contributed by atoms with van der Waals surface area (Å²) in [4.78, 5) is 10.7. The van der Waals surface area contributed by atoms with Gasteiger partial charge in [0.1, 0.15) is 5.69 Å². The summed E-state index contributed by atoms with van der Waals surface area (Å²) in [6, 6.07) is 9.34. The molecule has 0 saturated carbocycles. The quantitative estimate of drug-likeness (QED) is 0.900. The Morgan fingerprint density at radius 1 is 1.15 bits per heavy atom. The van der Waals surface area contributed by atoms with Crippen molar-refractivity contribution in [2.75, 3.05) is 5.32 Å². The van der Waals surface area contributed by atoms with Gasteiger partial charge in [-0.1, -0.05) is 0 Å². The van der Waals surface area contributed by atoms with Crippen molar-refractivity contribution in [1.29, 1.82) is 5.26 Å². The summed E-state index contributed by atoms with van der Waals surface area (Å²) < 4.78 is 27.4. The maximum absolute atomic E-state index is 13.7. The first-order valence-corrected chi connectivity index (χ1v) is 5.51. The van der Waals surface area contributed by atoms with Crippen LogP contribution in [0.15, 0.2) is 36.4 Å². The molecule has 0 spiro atoms. The Labute approximate surface area is 112 Å². The van der Waals surface area contributed by atoms with E-state index in [1.165, 1.54) is 24.3 Å². The van der Waals surface area contributed by atoms with Crippen LogP contribution in [0.1, 0.15) is 15.9 Å². The average Bonchev–Trinajstić information content (AvgIpc) is 2.43. The molecular weight excluding hydrogens is 266 g/mol. The van der Waals surface area contributed by atoms with E-state index in [2.05, 4.69) is 5.32 Å². The number of nitrogens with one attached hydrogen (secondary N) is 1. The van der Waals surface area contributed by atoms with Crippen molar-refractivity contribution >= 4 is 17.3 Å². The van der Waals surface area contributed by atoms with E-state index in [4.69, 9.17) is 10.4 Å². The lowest BCUT2D eigenvalue weighted by molar-refractivity contribution is 0.0696. The fourth-order valence-electron chi connectivity index (χ4n) is 1.59. The number of rotatable bonds is 3. The predicted molar refractivity (Wildman–Crippen MR) is 67.8 cm³/mol. The molecule has 0 bridgehead atoms. The highest BCUT2D eigenvalue weighted by Gasteiger charge is 2.14. The first kappa shape index (κ1) is 13.5. The molecule has 0 radical (unpaired) electrons. The number of hydrogen-bond donors (Lipinski definition) is 2. The second-order valence-corrected chi connectivity index (χ2v) is 3.93. The van der Waals surface area contributed by atoms with Crippen LogP contribution in [-0.2, 0) is 0 Å². The second-order valence-electron chi connectivity index (χ2n) is 3.93. The van der Waals surface area contributed by atoms with E-state index in [1.54, 1.807) is 0 Å². The highest BCUT2D eigenvalue weighted by atomic mass is 19.1. The number of halogens is 2. The van der Waals surface area contributed by atoms with Gasteiger partial charge in [0.2, 0.25) is 0 Å². The van der Waals surface area contributed by atoms with Crippen LogP contribution in [-0.4, -0.2) is 11.1 Å². The molecule has 0 unspecified atom stereocenters. The molecule has 0 aliphatic carbocycles. The van der Waals surface area contributed by atoms with Crippen LogP contribution in [0, 0.1) is 23.0 Å². The first-order valence-electron chi connectivity index (χ1n) is 5.51. The molecule has 0 aliphatic heterocycles. The Morgan fingerprint density at radius 2 is 1.70 bits per heavy atom. The average molecular weight is 274 g/mol. The summed E-state index contributed by atoms with van der Waals surface area (Å²) in [6.07, 6.45) is 0. The SMILES string of the molecule is N#Cc1ccc(Nc2c(F)cc(C(=O)O)cc2F)cc1. The molecule has 6 heteroatoms. The van der Waals surface area contributed by atoms with Crippen LogP contribution < -0.4 is 5.32 Å². The summed E-state index contributed by atoms with van der Waals surface area (Å²) >= 11 is 0. The third-order valence-electron chi connectivity index (χ3n) is 2.57. The van der Waals surface area contributed by atoms with Gasteiger partial charge in [0.15, 0.2) is 11.6 Å². The Hall–Kier alpha value is -2.94. The minimum Gasteiger partial charge on any atom is -0.478 e. The molecular formula is C14H8F2N2O2. The predicted octanol–water partition coefficient (Wildman–Crippen LogP) is 3.28. The van der Waals surface area contributed by atoms with Gasteiger partial charge in [-0.15, -0.1) is 0 Å². The van der Waals surface area contributed by atoms with E-state index < -0.39 is 28.9 Å². The molecule has 0 fully saturated rings. The molecule has 2 rings (SSSR count). The molecule has 4 nitrogen and oxygen atoms in total. The van der Waals surface area contributed by atoms with Gasteiger partial charge in [0, 0.05) is 5.69 Å². The number of carbonyl (C=O) groups is 1. The number of hydrogen-bond acceptors (Lipinski definition) is 3. The molecule has 0 atom stereocenters. The number of carboxylic acid groups (broad SMARTS) is 1. The van der Waals surface area contributed by atoms with E-state index >= 15 is 0 Å². The van der Waals surface area contributed by atoms with Gasteiger partial charge in [-0.3, -0.25) is 0 Å². The number of benzene rings is 2. The van der Waals surface area contributed by atoms with Crippen molar-refractivity contribution in [3.8, 4) is 6.07 Å². The highest BCUT2D eigenvalue weighted by Crippen LogP contribution is 2.25. The van der Waals surface area contributed by atoms with Crippen molar-refractivity contribution < 1.29 is 18.7 Å². The summed E-state index contributed by atoms with van der Waals surface area (Å²) in [7, 11) is 0. The molecule has 0 amide bonds. The Morgan fingerprint density at radius 3 is 2.15 bits per heavy atom. The zero-order valence-corrected chi connectivity index (χ0v) is 10.0. The van der Waals surface area contributed by atoms with Crippen LogP contribution in [0.2, 0.25) is 0 Å². The minimum absolute atomic E-state index is 0.380. The second kappa shape index (κ2) is 5.36. The third kappa shape index (κ3) is 2.72. The van der Waals surface area contributed by atoms with Crippen LogP contribution >= 0.6 is 0 Å². The zero-order valence-electron chi connectivity index (χ0n) is 10.0. The molecule has 2 aromatic carbocycles. The van der Waals surface area contributed by atoms with Crippen molar-refractivity contribution in [2.45, 2.75) is 0 Å². The Kier molecular flexibility index (Phi) is 3.62. The Balaban J connectivity index is 2.33. The number of carboxylic acids is 1. The van der Waals surface area contributed by atoms with E-state index in [-0.39, 0.29) is 0 Å². The van der Waals surface area contributed by atoms with E-state index in [1.807, 2.05) is 6.07 Å². The van der Waals surface area contributed by atoms with Crippen LogP contribution in [0.3, 0.4) is 0 Å². The molecule has 100 valence electrons. The molecule has 0 aromatic heterocycles. The first-order chi connectivity index (χ1) is 9.51. The van der Waals surface area contributed by atoms with Gasteiger partial charge in [0.05, 0.1) is 17.2 Å². The number of aromatic carboxylic acids is 1. The fraction of sp³-hybridized carbons (Fsp3) is 0. The summed E-state index contributed by atoms with van der Waals surface area (Å²) in [5.41, 5.74) is -0.118. The zero-order chi connectivity index (χ0) is 14.7. The number of anilines is 2. The van der Waals surface area contributed by atoms with Crippen molar-refractivity contribution in [3.63, 3.8) is 0 Å². The van der Waals surface area contributed by atoms with Crippen molar-refractivity contribution in [2.24, 2.45) is 0 Å². The van der Waals surface area contributed by atoms with Crippen LogP contribution in [0.5, 0.6) is 0 Å². The summed E-state index contributed by atoms with van der Waals surface area (Å²) in [5.74, 6) is -3.42. The summed E-state index contributed by atoms with van der Waals surface area (Å²) in [5, 5.41) is 19.8. The summed E-state index contributed by atoms with van der Waals surface area (Å²) in [6.45, 7) is 0. The highest BCUT2D eigenvalue weighted by molar-refractivity contribution is 5.88. The van der Waals surface area contributed by atoms with E-state index in [0.29, 0.717) is 11.3 Å². The largest absolute Gasteiger partial charge is 0.478 e. The minimum atomic E-state index is -1.41. The number of nitrogens with zero attached hydrogens (tertiary/aromatic N) is 1. The lowest BCUT2D eigenvalue weighted by Gasteiger charge is -2.09. The van der Waals surface area contributed by atoms with Gasteiger partial charge in [0.25, 0.3) is 0 Å². The van der Waals surface area contributed by atoms with Gasteiger partial charge >= 0.3 is 5.97 Å². The fourth-order valence-corrected chi connectivity index (χ4v) is 1.59. The monoisotopic (exact) mass is 274 g/mol. The van der Waals surface area contributed by atoms with Crippen molar-refractivity contribution in [3.05, 3.63) is 59.2 Å². The molecule has 0 heterocycles. The van der Waals surface area contributed by atoms with Gasteiger partial charge in [-0.2, -0.15) is 5.26 Å². The molecule has 2 N–H and O–H groups in total. The van der Waals surface area contributed by atoms with Gasteiger partial charge < -0.3 is 10.4 Å². The van der Waals surface area contributed by atoms with Gasteiger partial charge in [-0.25, -0.2) is 13.6 Å². The van der Waals surface area contributed by atoms with Crippen LogP contribution in [0.25, 0.3) is 0 Å². The van der Waals surface area contributed by atoms with E-state index in [9.17, 15) is 13.6 Å². The van der Waals surface area contributed by atoms with Crippen molar-refractivity contribution in [1.82, 2.24) is 0 Å². The standard InChI is InChI=1S/C14H8F2N2O2/c15-11-5-9(14(19)20)6-12(16)13(11)18-10-3-1-8(7-17)2-4-10/h1-6,18H,(H,19,20). The normalized spacial score (nSPS) is 9.85. The lowest BCUT2D eigenvalue weighted by atomic mass is 10.1. The third-order valence-corrected chi connectivity index (χ3v) is 2.57. The number of nitriles is 1. The maximum atomic E-state index is 13.7. The molecule has 20 heavy (non-hydrogen) atoms. The molecule has 0 aliphatic rings. The molecule has 2 aromatic rings.